The molecule has 0 spiro atoms. The third kappa shape index (κ3) is 3.37. The average Bonchev–Trinajstić information content (AvgIpc) is 2.45. The van der Waals surface area contributed by atoms with Crippen molar-refractivity contribution in [1.82, 2.24) is 4.90 Å². The molecule has 1 saturated heterocycles. The molecular formula is C14H21NO3. The molecule has 1 aromatic rings. The molecule has 0 amide bonds. The first-order valence-electron chi connectivity index (χ1n) is 6.34. The van der Waals surface area contributed by atoms with Crippen LogP contribution < -0.4 is 9.47 Å². The van der Waals surface area contributed by atoms with Gasteiger partial charge in [0.05, 0.1) is 27.4 Å². The fourth-order valence-electron chi connectivity index (χ4n) is 2.15. The van der Waals surface area contributed by atoms with Crippen molar-refractivity contribution in [3.63, 3.8) is 0 Å². The minimum Gasteiger partial charge on any atom is -0.493 e. The van der Waals surface area contributed by atoms with Crippen molar-refractivity contribution in [2.24, 2.45) is 0 Å². The molecule has 0 N–H and O–H groups in total. The Balaban J connectivity index is 1.92. The zero-order valence-electron chi connectivity index (χ0n) is 11.1. The molecule has 0 atom stereocenters. The summed E-state index contributed by atoms with van der Waals surface area (Å²) in [5.74, 6) is 1.59. The quantitative estimate of drug-likeness (QED) is 0.795. The van der Waals surface area contributed by atoms with Gasteiger partial charge >= 0.3 is 0 Å². The molecule has 18 heavy (non-hydrogen) atoms. The summed E-state index contributed by atoms with van der Waals surface area (Å²) >= 11 is 0. The molecule has 1 fully saturated rings. The molecular weight excluding hydrogens is 230 g/mol. The lowest BCUT2D eigenvalue weighted by atomic mass is 10.1. The summed E-state index contributed by atoms with van der Waals surface area (Å²) in [4.78, 5) is 2.43. The van der Waals surface area contributed by atoms with E-state index in [1.807, 2.05) is 6.07 Å². The normalized spacial score (nSPS) is 16.6. The molecule has 0 saturated carbocycles. The van der Waals surface area contributed by atoms with Gasteiger partial charge in [0.1, 0.15) is 0 Å². The number of hydrogen-bond donors (Lipinski definition) is 0. The second-order valence-electron chi connectivity index (χ2n) is 4.39. The fraction of sp³-hybridized carbons (Fsp3) is 0.571. The molecule has 1 heterocycles. The summed E-state index contributed by atoms with van der Waals surface area (Å²) in [5, 5.41) is 0. The Morgan fingerprint density at radius 1 is 1.11 bits per heavy atom. The van der Waals surface area contributed by atoms with Crippen LogP contribution in [0.25, 0.3) is 0 Å². The Labute approximate surface area is 108 Å². The highest BCUT2D eigenvalue weighted by Crippen LogP contribution is 2.27. The minimum atomic E-state index is 0.785. The summed E-state index contributed by atoms with van der Waals surface area (Å²) in [6.07, 6.45) is 1.03. The molecule has 1 aromatic carbocycles. The van der Waals surface area contributed by atoms with Gasteiger partial charge in [0, 0.05) is 19.6 Å². The van der Waals surface area contributed by atoms with E-state index in [1.165, 1.54) is 5.56 Å². The minimum absolute atomic E-state index is 0.785. The lowest BCUT2D eigenvalue weighted by molar-refractivity contribution is 0.0384. The van der Waals surface area contributed by atoms with E-state index in [2.05, 4.69) is 17.0 Å². The zero-order valence-corrected chi connectivity index (χ0v) is 11.1. The van der Waals surface area contributed by atoms with Gasteiger partial charge in [-0.05, 0) is 24.1 Å². The summed E-state index contributed by atoms with van der Waals surface area (Å²) in [6.45, 7) is 4.84. The van der Waals surface area contributed by atoms with E-state index < -0.39 is 0 Å². The molecule has 100 valence electrons. The Hall–Kier alpha value is -1.26. The van der Waals surface area contributed by atoms with Crippen LogP contribution in [-0.2, 0) is 11.2 Å². The van der Waals surface area contributed by atoms with Crippen LogP contribution in [0.2, 0.25) is 0 Å². The van der Waals surface area contributed by atoms with Gasteiger partial charge in [-0.3, -0.25) is 4.90 Å². The van der Waals surface area contributed by atoms with Gasteiger partial charge in [-0.1, -0.05) is 6.07 Å². The standard InChI is InChI=1S/C14H21NO3/c1-16-13-4-3-12(11-14(13)17-2)5-6-15-7-9-18-10-8-15/h3-4,11H,5-10H2,1-2H3. The lowest BCUT2D eigenvalue weighted by Crippen LogP contribution is -2.37. The van der Waals surface area contributed by atoms with E-state index >= 15 is 0 Å². The molecule has 0 aromatic heterocycles. The van der Waals surface area contributed by atoms with Gasteiger partial charge < -0.3 is 14.2 Å². The monoisotopic (exact) mass is 251 g/mol. The molecule has 0 radical (unpaired) electrons. The first-order valence-corrected chi connectivity index (χ1v) is 6.34. The van der Waals surface area contributed by atoms with E-state index in [9.17, 15) is 0 Å². The van der Waals surface area contributed by atoms with Crippen molar-refractivity contribution >= 4 is 0 Å². The summed E-state index contributed by atoms with van der Waals surface area (Å²) < 4.78 is 15.9. The van der Waals surface area contributed by atoms with Gasteiger partial charge in [-0.15, -0.1) is 0 Å². The number of morpholine rings is 1. The third-order valence-electron chi connectivity index (χ3n) is 3.27. The zero-order chi connectivity index (χ0) is 12.8. The van der Waals surface area contributed by atoms with E-state index in [1.54, 1.807) is 14.2 Å². The number of hydrogen-bond acceptors (Lipinski definition) is 4. The van der Waals surface area contributed by atoms with Gasteiger partial charge in [-0.25, -0.2) is 0 Å². The van der Waals surface area contributed by atoms with Crippen molar-refractivity contribution in [3.05, 3.63) is 23.8 Å². The number of benzene rings is 1. The van der Waals surface area contributed by atoms with E-state index in [0.717, 1.165) is 50.8 Å². The van der Waals surface area contributed by atoms with Crippen molar-refractivity contribution < 1.29 is 14.2 Å². The number of ether oxygens (including phenoxy) is 3. The lowest BCUT2D eigenvalue weighted by Gasteiger charge is -2.26. The molecule has 0 bridgehead atoms. The Kier molecular flexibility index (Phi) is 4.84. The van der Waals surface area contributed by atoms with Crippen molar-refractivity contribution in [2.75, 3.05) is 47.1 Å². The first kappa shape index (κ1) is 13.2. The predicted molar refractivity (Wildman–Crippen MR) is 70.5 cm³/mol. The number of nitrogens with zero attached hydrogens (tertiary/aromatic N) is 1. The van der Waals surface area contributed by atoms with Gasteiger partial charge in [0.25, 0.3) is 0 Å². The van der Waals surface area contributed by atoms with Crippen LogP contribution in [0.3, 0.4) is 0 Å². The van der Waals surface area contributed by atoms with Crippen LogP contribution >= 0.6 is 0 Å². The van der Waals surface area contributed by atoms with Crippen LogP contribution in [0.4, 0.5) is 0 Å². The van der Waals surface area contributed by atoms with Crippen LogP contribution in [0.5, 0.6) is 11.5 Å². The van der Waals surface area contributed by atoms with Gasteiger partial charge in [0.2, 0.25) is 0 Å². The predicted octanol–water partition coefficient (Wildman–Crippen LogP) is 1.58. The highest BCUT2D eigenvalue weighted by molar-refractivity contribution is 5.42. The van der Waals surface area contributed by atoms with Crippen molar-refractivity contribution in [1.29, 1.82) is 0 Å². The highest BCUT2D eigenvalue weighted by atomic mass is 16.5. The second-order valence-corrected chi connectivity index (χ2v) is 4.39. The molecule has 2 rings (SSSR count). The van der Waals surface area contributed by atoms with Crippen LogP contribution in [0, 0.1) is 0 Å². The largest absolute Gasteiger partial charge is 0.493 e. The first-order chi connectivity index (χ1) is 8.83. The Morgan fingerprint density at radius 2 is 1.83 bits per heavy atom. The SMILES string of the molecule is COc1ccc(CCN2CCOCC2)cc1OC. The maximum Gasteiger partial charge on any atom is 0.160 e. The summed E-state index contributed by atoms with van der Waals surface area (Å²) in [7, 11) is 3.33. The smallest absolute Gasteiger partial charge is 0.160 e. The van der Waals surface area contributed by atoms with Crippen LogP contribution in [-0.4, -0.2) is 52.0 Å². The molecule has 4 heteroatoms. The van der Waals surface area contributed by atoms with Crippen LogP contribution in [0.15, 0.2) is 18.2 Å². The van der Waals surface area contributed by atoms with E-state index in [4.69, 9.17) is 14.2 Å². The Bertz CT molecular complexity index is 375. The number of rotatable bonds is 5. The molecule has 1 aliphatic heterocycles. The Morgan fingerprint density at radius 3 is 2.50 bits per heavy atom. The summed E-state index contributed by atoms with van der Waals surface area (Å²) in [6, 6.07) is 6.12. The molecule has 0 aliphatic carbocycles. The van der Waals surface area contributed by atoms with Crippen LogP contribution in [0.1, 0.15) is 5.56 Å². The highest BCUT2D eigenvalue weighted by Gasteiger charge is 2.10. The van der Waals surface area contributed by atoms with E-state index in [-0.39, 0.29) is 0 Å². The topological polar surface area (TPSA) is 30.9 Å². The van der Waals surface area contributed by atoms with Crippen molar-refractivity contribution in [2.45, 2.75) is 6.42 Å². The third-order valence-corrected chi connectivity index (χ3v) is 3.27. The molecule has 4 nitrogen and oxygen atoms in total. The average molecular weight is 251 g/mol. The fourth-order valence-corrected chi connectivity index (χ4v) is 2.15. The molecule has 0 unspecified atom stereocenters. The molecule has 1 aliphatic rings. The van der Waals surface area contributed by atoms with Crippen molar-refractivity contribution in [3.8, 4) is 11.5 Å². The van der Waals surface area contributed by atoms with Gasteiger partial charge in [-0.2, -0.15) is 0 Å². The number of methoxy groups -OCH3 is 2. The second kappa shape index (κ2) is 6.61. The van der Waals surface area contributed by atoms with E-state index in [0.29, 0.717) is 0 Å². The maximum atomic E-state index is 5.34. The summed E-state index contributed by atoms with van der Waals surface area (Å²) in [5.41, 5.74) is 1.28. The maximum absolute atomic E-state index is 5.34. The van der Waals surface area contributed by atoms with Gasteiger partial charge in [0.15, 0.2) is 11.5 Å².